The maximum atomic E-state index is 12.6. The van der Waals surface area contributed by atoms with Crippen molar-refractivity contribution >= 4 is 11.6 Å². The quantitative estimate of drug-likeness (QED) is 0.564. The summed E-state index contributed by atoms with van der Waals surface area (Å²) in [5.74, 6) is -0.238. The van der Waals surface area contributed by atoms with Gasteiger partial charge in [-0.1, -0.05) is 48.5 Å². The molecule has 138 valence electrons. The van der Waals surface area contributed by atoms with E-state index in [2.05, 4.69) is 27.8 Å². The zero-order valence-electron chi connectivity index (χ0n) is 15.3. The van der Waals surface area contributed by atoms with Crippen LogP contribution in [-0.4, -0.2) is 29.1 Å². The molecular weight excluding hydrogens is 338 g/mol. The third-order valence-corrected chi connectivity index (χ3v) is 4.34. The van der Waals surface area contributed by atoms with Gasteiger partial charge in [0.2, 0.25) is 0 Å². The number of hydrogen-bond acceptors (Lipinski definition) is 4. The van der Waals surface area contributed by atoms with Crippen LogP contribution in [-0.2, 0) is 6.54 Å². The van der Waals surface area contributed by atoms with Gasteiger partial charge >= 0.3 is 0 Å². The maximum absolute atomic E-state index is 12.6. The van der Waals surface area contributed by atoms with Gasteiger partial charge in [0.1, 0.15) is 5.69 Å². The van der Waals surface area contributed by atoms with Gasteiger partial charge in [-0.3, -0.25) is 9.78 Å². The molecule has 1 heterocycles. The zero-order valence-corrected chi connectivity index (χ0v) is 15.3. The molecule has 5 heteroatoms. The molecule has 3 N–H and O–H groups in total. The van der Waals surface area contributed by atoms with Crippen molar-refractivity contribution in [3.63, 3.8) is 0 Å². The monoisotopic (exact) mass is 361 g/mol. The Bertz CT molecular complexity index is 893. The smallest absolute Gasteiger partial charge is 0.274 e. The van der Waals surface area contributed by atoms with Gasteiger partial charge < -0.3 is 15.7 Å². The molecular formula is C22H23N3O2. The SMILES string of the molecule is Cc1c(NC(=O)c2ccc(CNCCO)cn2)cccc1-c1ccccc1. The average molecular weight is 361 g/mol. The predicted octanol–water partition coefficient (Wildman–Crippen LogP) is 3.39. The first-order valence-electron chi connectivity index (χ1n) is 8.92. The van der Waals surface area contributed by atoms with E-state index in [-0.39, 0.29) is 12.5 Å². The second kappa shape index (κ2) is 9.07. The van der Waals surface area contributed by atoms with Gasteiger partial charge in [0.25, 0.3) is 5.91 Å². The Morgan fingerprint density at radius 2 is 1.85 bits per heavy atom. The fourth-order valence-corrected chi connectivity index (χ4v) is 2.86. The highest BCUT2D eigenvalue weighted by molar-refractivity contribution is 6.03. The first-order valence-corrected chi connectivity index (χ1v) is 8.92. The lowest BCUT2D eigenvalue weighted by molar-refractivity contribution is 0.102. The van der Waals surface area contributed by atoms with Crippen molar-refractivity contribution in [2.75, 3.05) is 18.5 Å². The molecule has 2 aromatic carbocycles. The van der Waals surface area contributed by atoms with E-state index in [1.807, 2.05) is 49.4 Å². The summed E-state index contributed by atoms with van der Waals surface area (Å²) in [7, 11) is 0. The number of rotatable bonds is 7. The minimum absolute atomic E-state index is 0.0926. The van der Waals surface area contributed by atoms with Crippen LogP contribution in [0, 0.1) is 6.92 Å². The molecule has 0 radical (unpaired) electrons. The molecule has 0 unspecified atom stereocenters. The number of nitrogens with zero attached hydrogens (tertiary/aromatic N) is 1. The van der Waals surface area contributed by atoms with E-state index in [0.29, 0.717) is 18.8 Å². The summed E-state index contributed by atoms with van der Waals surface area (Å²) in [5.41, 5.74) is 5.32. The van der Waals surface area contributed by atoms with Crippen LogP contribution in [0.1, 0.15) is 21.6 Å². The van der Waals surface area contributed by atoms with E-state index in [1.165, 1.54) is 0 Å². The van der Waals surface area contributed by atoms with Crippen molar-refractivity contribution in [1.29, 1.82) is 0 Å². The number of pyridine rings is 1. The molecule has 27 heavy (non-hydrogen) atoms. The highest BCUT2D eigenvalue weighted by atomic mass is 16.3. The summed E-state index contributed by atoms with van der Waals surface area (Å²) in [6.07, 6.45) is 1.67. The number of carbonyl (C=O) groups is 1. The lowest BCUT2D eigenvalue weighted by atomic mass is 9.99. The highest BCUT2D eigenvalue weighted by Gasteiger charge is 2.11. The number of aromatic nitrogens is 1. The summed E-state index contributed by atoms with van der Waals surface area (Å²) in [5, 5.41) is 14.8. The van der Waals surface area contributed by atoms with E-state index >= 15 is 0 Å². The van der Waals surface area contributed by atoms with Crippen LogP contribution < -0.4 is 10.6 Å². The van der Waals surface area contributed by atoms with E-state index in [0.717, 1.165) is 27.9 Å². The molecule has 0 saturated heterocycles. The van der Waals surface area contributed by atoms with Crippen molar-refractivity contribution in [1.82, 2.24) is 10.3 Å². The van der Waals surface area contributed by atoms with E-state index in [9.17, 15) is 4.79 Å². The first kappa shape index (κ1) is 18.8. The maximum Gasteiger partial charge on any atom is 0.274 e. The highest BCUT2D eigenvalue weighted by Crippen LogP contribution is 2.28. The van der Waals surface area contributed by atoms with E-state index in [4.69, 9.17) is 5.11 Å². The minimum Gasteiger partial charge on any atom is -0.395 e. The number of amides is 1. The minimum atomic E-state index is -0.238. The molecule has 3 aromatic rings. The van der Waals surface area contributed by atoms with E-state index < -0.39 is 0 Å². The van der Waals surface area contributed by atoms with Crippen LogP contribution in [0.25, 0.3) is 11.1 Å². The molecule has 5 nitrogen and oxygen atoms in total. The number of carbonyl (C=O) groups excluding carboxylic acids is 1. The Balaban J connectivity index is 1.73. The van der Waals surface area contributed by atoms with Gasteiger partial charge in [-0.25, -0.2) is 0 Å². The van der Waals surface area contributed by atoms with Crippen molar-refractivity contribution in [2.45, 2.75) is 13.5 Å². The third kappa shape index (κ3) is 4.78. The summed E-state index contributed by atoms with van der Waals surface area (Å²) in [6.45, 7) is 3.23. The Kier molecular flexibility index (Phi) is 6.30. The van der Waals surface area contributed by atoms with Gasteiger partial charge in [0, 0.05) is 25.0 Å². The Morgan fingerprint density at radius 3 is 2.56 bits per heavy atom. The average Bonchev–Trinajstić information content (AvgIpc) is 2.71. The number of hydrogen-bond donors (Lipinski definition) is 3. The Hall–Kier alpha value is -3.02. The van der Waals surface area contributed by atoms with Crippen LogP contribution in [0.2, 0.25) is 0 Å². The fourth-order valence-electron chi connectivity index (χ4n) is 2.86. The van der Waals surface area contributed by atoms with Crippen LogP contribution >= 0.6 is 0 Å². The van der Waals surface area contributed by atoms with Crippen LogP contribution in [0.4, 0.5) is 5.69 Å². The molecule has 0 spiro atoms. The van der Waals surface area contributed by atoms with Crippen molar-refractivity contribution in [3.8, 4) is 11.1 Å². The lowest BCUT2D eigenvalue weighted by Crippen LogP contribution is -2.18. The van der Waals surface area contributed by atoms with Gasteiger partial charge in [-0.2, -0.15) is 0 Å². The summed E-state index contributed by atoms with van der Waals surface area (Å²) < 4.78 is 0. The number of nitrogens with one attached hydrogen (secondary N) is 2. The Labute approximate surface area is 159 Å². The standard InChI is InChI=1S/C22H23N3O2/c1-16-19(18-6-3-2-4-7-18)8-5-9-20(16)25-22(27)21-11-10-17(15-24-21)14-23-12-13-26/h2-11,15,23,26H,12-14H2,1H3,(H,25,27). The molecule has 0 atom stereocenters. The topological polar surface area (TPSA) is 74.2 Å². The number of benzene rings is 2. The van der Waals surface area contributed by atoms with Gasteiger partial charge in [-0.15, -0.1) is 0 Å². The largest absolute Gasteiger partial charge is 0.395 e. The van der Waals surface area contributed by atoms with Crippen molar-refractivity contribution < 1.29 is 9.90 Å². The van der Waals surface area contributed by atoms with Gasteiger partial charge in [0.05, 0.1) is 6.61 Å². The number of anilines is 1. The summed E-state index contributed by atoms with van der Waals surface area (Å²) in [6, 6.07) is 19.5. The summed E-state index contributed by atoms with van der Waals surface area (Å²) in [4.78, 5) is 16.8. The molecule has 0 aliphatic rings. The second-order valence-corrected chi connectivity index (χ2v) is 6.25. The molecule has 1 amide bonds. The fraction of sp³-hybridized carbons (Fsp3) is 0.182. The Morgan fingerprint density at radius 1 is 1.04 bits per heavy atom. The first-order chi connectivity index (χ1) is 13.2. The number of aliphatic hydroxyl groups is 1. The molecule has 0 bridgehead atoms. The van der Waals surface area contributed by atoms with Crippen LogP contribution in [0.5, 0.6) is 0 Å². The second-order valence-electron chi connectivity index (χ2n) is 6.25. The van der Waals surface area contributed by atoms with Crippen molar-refractivity contribution in [2.24, 2.45) is 0 Å². The summed E-state index contributed by atoms with van der Waals surface area (Å²) >= 11 is 0. The molecule has 1 aromatic heterocycles. The zero-order chi connectivity index (χ0) is 19.1. The predicted molar refractivity (Wildman–Crippen MR) is 108 cm³/mol. The van der Waals surface area contributed by atoms with Gasteiger partial charge in [0.15, 0.2) is 0 Å². The van der Waals surface area contributed by atoms with Crippen LogP contribution in [0.15, 0.2) is 66.9 Å². The molecule has 0 fully saturated rings. The normalized spacial score (nSPS) is 10.6. The number of aliphatic hydroxyl groups excluding tert-OH is 1. The third-order valence-electron chi connectivity index (χ3n) is 4.34. The lowest BCUT2D eigenvalue weighted by Gasteiger charge is -2.13. The molecule has 3 rings (SSSR count). The molecule has 0 aliphatic carbocycles. The van der Waals surface area contributed by atoms with Crippen molar-refractivity contribution in [3.05, 3.63) is 83.7 Å². The molecule has 0 aliphatic heterocycles. The molecule has 0 saturated carbocycles. The van der Waals surface area contributed by atoms with Crippen LogP contribution in [0.3, 0.4) is 0 Å². The van der Waals surface area contributed by atoms with E-state index in [1.54, 1.807) is 12.3 Å². The van der Waals surface area contributed by atoms with Gasteiger partial charge in [-0.05, 0) is 41.3 Å².